The van der Waals surface area contributed by atoms with Crippen LogP contribution in [0.5, 0.6) is 5.75 Å². The predicted octanol–water partition coefficient (Wildman–Crippen LogP) is 3.80. The van der Waals surface area contributed by atoms with Crippen molar-refractivity contribution >= 4 is 15.4 Å². The monoisotopic (exact) mass is 314 g/mol. The molecule has 0 aliphatic rings. The van der Waals surface area contributed by atoms with Crippen LogP contribution in [0.15, 0.2) is 18.2 Å². The van der Waals surface area contributed by atoms with E-state index < -0.39 is 15.4 Å². The standard InChI is InChI=1S/C15H22O5S/c1-6-19-21(17,18)15(16)20-14-12(10(2)3)8-7-9-13(14)11(4)5/h7-11H,6H2,1-5H3. The minimum atomic E-state index is -4.35. The van der Waals surface area contributed by atoms with Crippen molar-refractivity contribution in [1.29, 1.82) is 0 Å². The van der Waals surface area contributed by atoms with E-state index in [-0.39, 0.29) is 18.4 Å². The molecular weight excluding hydrogens is 292 g/mol. The van der Waals surface area contributed by atoms with Crippen molar-refractivity contribution < 1.29 is 22.1 Å². The van der Waals surface area contributed by atoms with E-state index in [0.717, 1.165) is 11.1 Å². The fraction of sp³-hybridized carbons (Fsp3) is 0.533. The molecule has 0 atom stereocenters. The third-order valence-electron chi connectivity index (χ3n) is 2.98. The fourth-order valence-corrected chi connectivity index (χ4v) is 2.53. The molecule has 5 nitrogen and oxygen atoms in total. The highest BCUT2D eigenvalue weighted by atomic mass is 32.2. The van der Waals surface area contributed by atoms with Gasteiger partial charge in [-0.05, 0) is 29.9 Å². The van der Waals surface area contributed by atoms with E-state index in [4.69, 9.17) is 4.74 Å². The number of hydrogen-bond donors (Lipinski definition) is 0. The van der Waals surface area contributed by atoms with Gasteiger partial charge >= 0.3 is 15.4 Å². The molecule has 0 aliphatic heterocycles. The third-order valence-corrected chi connectivity index (χ3v) is 4.02. The quantitative estimate of drug-likeness (QED) is 0.610. The van der Waals surface area contributed by atoms with Crippen LogP contribution in [0, 0.1) is 0 Å². The van der Waals surface area contributed by atoms with Crippen molar-refractivity contribution in [3.8, 4) is 5.75 Å². The van der Waals surface area contributed by atoms with Gasteiger partial charge in [0.1, 0.15) is 5.75 Å². The molecule has 0 fully saturated rings. The summed E-state index contributed by atoms with van der Waals surface area (Å²) < 4.78 is 32.8. The van der Waals surface area contributed by atoms with Gasteiger partial charge in [-0.15, -0.1) is 0 Å². The molecule has 0 bridgehead atoms. The molecule has 0 heterocycles. The van der Waals surface area contributed by atoms with Gasteiger partial charge in [0.15, 0.2) is 0 Å². The number of rotatable bonds is 5. The maximum Gasteiger partial charge on any atom is 0.457 e. The van der Waals surface area contributed by atoms with Gasteiger partial charge in [0, 0.05) is 0 Å². The molecule has 0 aliphatic carbocycles. The zero-order valence-corrected chi connectivity index (χ0v) is 13.9. The molecule has 21 heavy (non-hydrogen) atoms. The normalized spacial score (nSPS) is 12.0. The topological polar surface area (TPSA) is 69.7 Å². The summed E-state index contributed by atoms with van der Waals surface area (Å²) in [6.45, 7) is 9.19. The summed E-state index contributed by atoms with van der Waals surface area (Å²) in [5, 5.41) is -1.38. The highest BCUT2D eigenvalue weighted by Gasteiger charge is 2.28. The molecule has 0 amide bonds. The lowest BCUT2D eigenvalue weighted by molar-refractivity contribution is 0.216. The Labute approximate surface area is 126 Å². The molecule has 1 rings (SSSR count). The molecule has 0 N–H and O–H groups in total. The second-order valence-corrected chi connectivity index (χ2v) is 6.76. The van der Waals surface area contributed by atoms with Crippen LogP contribution >= 0.6 is 0 Å². The Morgan fingerprint density at radius 2 is 1.57 bits per heavy atom. The van der Waals surface area contributed by atoms with Crippen LogP contribution < -0.4 is 4.74 Å². The van der Waals surface area contributed by atoms with Crippen molar-refractivity contribution in [2.75, 3.05) is 6.61 Å². The van der Waals surface area contributed by atoms with Crippen molar-refractivity contribution in [3.63, 3.8) is 0 Å². The van der Waals surface area contributed by atoms with E-state index in [1.54, 1.807) is 0 Å². The highest BCUT2D eigenvalue weighted by Crippen LogP contribution is 2.35. The Morgan fingerprint density at radius 1 is 1.10 bits per heavy atom. The van der Waals surface area contributed by atoms with Crippen molar-refractivity contribution in [1.82, 2.24) is 0 Å². The summed E-state index contributed by atoms with van der Waals surface area (Å²) in [5.74, 6) is 0.512. The summed E-state index contributed by atoms with van der Waals surface area (Å²) in [7, 11) is -4.35. The molecule has 0 unspecified atom stereocenters. The van der Waals surface area contributed by atoms with Gasteiger partial charge < -0.3 is 4.74 Å². The molecule has 0 saturated heterocycles. The smallest absolute Gasteiger partial charge is 0.413 e. The Bertz CT molecular complexity index is 576. The lowest BCUT2D eigenvalue weighted by Gasteiger charge is -2.18. The summed E-state index contributed by atoms with van der Waals surface area (Å²) in [6, 6.07) is 5.53. The largest absolute Gasteiger partial charge is 0.457 e. The van der Waals surface area contributed by atoms with Crippen molar-refractivity contribution in [2.24, 2.45) is 0 Å². The Hall–Kier alpha value is -1.40. The average Bonchev–Trinajstić information content (AvgIpc) is 2.38. The van der Waals surface area contributed by atoms with Gasteiger partial charge in [-0.1, -0.05) is 45.9 Å². The zero-order chi connectivity index (χ0) is 16.2. The van der Waals surface area contributed by atoms with Crippen LogP contribution in [0.3, 0.4) is 0 Å². The van der Waals surface area contributed by atoms with Gasteiger partial charge in [-0.2, -0.15) is 8.42 Å². The van der Waals surface area contributed by atoms with E-state index in [2.05, 4.69) is 4.18 Å². The second-order valence-electron chi connectivity index (χ2n) is 5.29. The average molecular weight is 314 g/mol. The van der Waals surface area contributed by atoms with Gasteiger partial charge in [-0.3, -0.25) is 4.18 Å². The first kappa shape index (κ1) is 17.7. The van der Waals surface area contributed by atoms with E-state index in [0.29, 0.717) is 5.75 Å². The van der Waals surface area contributed by atoms with E-state index in [9.17, 15) is 13.2 Å². The number of hydrogen-bond acceptors (Lipinski definition) is 5. The third kappa shape index (κ3) is 4.28. The number of carbonyl (C=O) groups is 1. The molecule has 118 valence electrons. The Kier molecular flexibility index (Phi) is 5.92. The summed E-state index contributed by atoms with van der Waals surface area (Å²) in [4.78, 5) is 11.8. The van der Waals surface area contributed by atoms with Crippen LogP contribution in [0.2, 0.25) is 0 Å². The first-order valence-corrected chi connectivity index (χ1v) is 8.35. The fourth-order valence-electron chi connectivity index (χ4n) is 1.94. The zero-order valence-electron chi connectivity index (χ0n) is 13.0. The number of para-hydroxylation sites is 1. The van der Waals surface area contributed by atoms with Crippen molar-refractivity contribution in [3.05, 3.63) is 29.3 Å². The summed E-state index contributed by atoms with van der Waals surface area (Å²) in [5.41, 5.74) is 1.59. The predicted molar refractivity (Wildman–Crippen MR) is 81.2 cm³/mol. The molecule has 0 spiro atoms. The molecule has 0 aromatic heterocycles. The molecule has 1 aromatic carbocycles. The SMILES string of the molecule is CCOS(=O)(=O)C(=O)Oc1c(C(C)C)cccc1C(C)C. The summed E-state index contributed by atoms with van der Waals surface area (Å²) in [6.07, 6.45) is 0. The van der Waals surface area contributed by atoms with Gasteiger partial charge in [0.2, 0.25) is 0 Å². The van der Waals surface area contributed by atoms with Crippen LogP contribution in [-0.2, 0) is 14.3 Å². The lowest BCUT2D eigenvalue weighted by atomic mass is 9.94. The molecule has 6 heteroatoms. The summed E-state index contributed by atoms with van der Waals surface area (Å²) >= 11 is 0. The Balaban J connectivity index is 3.26. The van der Waals surface area contributed by atoms with E-state index >= 15 is 0 Å². The minimum absolute atomic E-state index is 0.0984. The lowest BCUT2D eigenvalue weighted by Crippen LogP contribution is -2.23. The van der Waals surface area contributed by atoms with Gasteiger partial charge in [0.25, 0.3) is 0 Å². The van der Waals surface area contributed by atoms with Crippen LogP contribution in [0.4, 0.5) is 4.79 Å². The molecule has 1 aromatic rings. The first-order chi connectivity index (χ1) is 9.70. The molecule has 0 radical (unpaired) electrons. The number of benzene rings is 1. The first-order valence-electron chi connectivity index (χ1n) is 6.94. The number of ether oxygens (including phenoxy) is 1. The maximum atomic E-state index is 11.8. The van der Waals surface area contributed by atoms with Gasteiger partial charge in [-0.25, -0.2) is 4.79 Å². The van der Waals surface area contributed by atoms with Crippen LogP contribution in [0.1, 0.15) is 57.6 Å². The van der Waals surface area contributed by atoms with Crippen molar-refractivity contribution in [2.45, 2.75) is 46.5 Å². The van der Waals surface area contributed by atoms with E-state index in [1.807, 2.05) is 45.9 Å². The maximum absolute atomic E-state index is 11.8. The van der Waals surface area contributed by atoms with Gasteiger partial charge in [0.05, 0.1) is 6.61 Å². The van der Waals surface area contributed by atoms with E-state index in [1.165, 1.54) is 6.92 Å². The second kappa shape index (κ2) is 7.04. The van der Waals surface area contributed by atoms with Crippen LogP contribution in [0.25, 0.3) is 0 Å². The Morgan fingerprint density at radius 3 is 1.95 bits per heavy atom. The van der Waals surface area contributed by atoms with Crippen LogP contribution in [-0.4, -0.2) is 20.3 Å². The minimum Gasteiger partial charge on any atom is -0.413 e. The molecule has 0 saturated carbocycles. The number of carbonyl (C=O) groups excluding carboxylic acids is 1. The highest BCUT2D eigenvalue weighted by molar-refractivity contribution is 8.01. The molecular formula is C15H22O5S.